The number of rotatable bonds is 2. The largest absolute Gasteiger partial charge is 0.0622 e. The molecule has 2 aliphatic rings. The molecule has 0 radical (unpaired) electrons. The van der Waals surface area contributed by atoms with Gasteiger partial charge >= 0.3 is 0 Å². The quantitative estimate of drug-likeness (QED) is 0.569. The van der Waals surface area contributed by atoms with Crippen LogP contribution in [0.1, 0.15) is 40.0 Å². The molecule has 0 nitrogen and oxygen atoms in total. The molecule has 5 unspecified atom stereocenters. The number of hydrogen-bond donors (Lipinski definition) is 0. The minimum absolute atomic E-state index is 1.04. The highest BCUT2D eigenvalue weighted by atomic mass is 14.5. The van der Waals surface area contributed by atoms with Crippen LogP contribution in [0.4, 0.5) is 0 Å². The summed E-state index contributed by atoms with van der Waals surface area (Å²) >= 11 is 0. The zero-order chi connectivity index (χ0) is 8.01. The molecule has 2 saturated carbocycles. The highest BCUT2D eigenvalue weighted by Crippen LogP contribution is 2.52. The van der Waals surface area contributed by atoms with Gasteiger partial charge in [-0.05, 0) is 42.4 Å². The Morgan fingerprint density at radius 3 is 1.91 bits per heavy atom. The molecule has 5 atom stereocenters. The van der Waals surface area contributed by atoms with Gasteiger partial charge < -0.3 is 0 Å². The summed E-state index contributed by atoms with van der Waals surface area (Å²) in [4.78, 5) is 0. The van der Waals surface area contributed by atoms with Crippen LogP contribution in [0.5, 0.6) is 0 Å². The summed E-state index contributed by atoms with van der Waals surface area (Å²) in [6.45, 7) is 7.32. The average molecular weight is 152 g/mol. The normalized spacial score (nSPS) is 51.5. The van der Waals surface area contributed by atoms with Crippen LogP contribution < -0.4 is 0 Å². The van der Waals surface area contributed by atoms with Crippen LogP contribution in [0.25, 0.3) is 0 Å². The standard InChI is InChI=1S/C11H20/c1-7-4-5-10(7)9(3)11-6-8(11)2/h7-11H,4-6H2,1-3H3. The first kappa shape index (κ1) is 7.64. The van der Waals surface area contributed by atoms with Gasteiger partial charge in [0, 0.05) is 0 Å². The third-order valence-electron chi connectivity index (χ3n) is 4.21. The summed E-state index contributed by atoms with van der Waals surface area (Å²) < 4.78 is 0. The maximum absolute atomic E-state index is 2.48. The van der Waals surface area contributed by atoms with Crippen LogP contribution in [0.3, 0.4) is 0 Å². The fourth-order valence-corrected chi connectivity index (χ4v) is 2.87. The van der Waals surface area contributed by atoms with Gasteiger partial charge in [-0.2, -0.15) is 0 Å². The maximum atomic E-state index is 2.48. The molecule has 0 bridgehead atoms. The molecule has 0 aliphatic heterocycles. The topological polar surface area (TPSA) is 0 Å². The summed E-state index contributed by atoms with van der Waals surface area (Å²) in [6, 6.07) is 0. The second-order valence-corrected chi connectivity index (χ2v) is 4.95. The van der Waals surface area contributed by atoms with E-state index in [1.54, 1.807) is 0 Å². The van der Waals surface area contributed by atoms with E-state index in [1.165, 1.54) is 19.3 Å². The van der Waals surface area contributed by atoms with Crippen LogP contribution in [0, 0.1) is 29.6 Å². The Morgan fingerprint density at radius 2 is 1.64 bits per heavy atom. The molecule has 0 N–H and O–H groups in total. The van der Waals surface area contributed by atoms with Crippen molar-refractivity contribution in [3.63, 3.8) is 0 Å². The van der Waals surface area contributed by atoms with E-state index in [4.69, 9.17) is 0 Å². The first-order valence-corrected chi connectivity index (χ1v) is 5.20. The van der Waals surface area contributed by atoms with E-state index in [-0.39, 0.29) is 0 Å². The van der Waals surface area contributed by atoms with Gasteiger partial charge in [-0.1, -0.05) is 27.2 Å². The minimum atomic E-state index is 1.04. The van der Waals surface area contributed by atoms with Crippen molar-refractivity contribution in [1.82, 2.24) is 0 Å². The van der Waals surface area contributed by atoms with Crippen molar-refractivity contribution in [1.29, 1.82) is 0 Å². The lowest BCUT2D eigenvalue weighted by molar-refractivity contribution is 0.112. The van der Waals surface area contributed by atoms with Gasteiger partial charge in [0.25, 0.3) is 0 Å². The molecule has 0 saturated heterocycles. The first-order chi connectivity index (χ1) is 5.20. The Labute approximate surface area is 70.4 Å². The van der Waals surface area contributed by atoms with Crippen molar-refractivity contribution in [3.8, 4) is 0 Å². The van der Waals surface area contributed by atoms with Gasteiger partial charge in [-0.3, -0.25) is 0 Å². The van der Waals surface area contributed by atoms with Crippen molar-refractivity contribution < 1.29 is 0 Å². The molecule has 0 amide bonds. The predicted molar refractivity (Wildman–Crippen MR) is 48.3 cm³/mol. The molecule has 0 heteroatoms. The molecule has 0 aromatic rings. The summed E-state index contributed by atoms with van der Waals surface area (Å²) in [5.41, 5.74) is 0. The van der Waals surface area contributed by atoms with E-state index in [1.807, 2.05) is 0 Å². The molecule has 2 aliphatic carbocycles. The zero-order valence-corrected chi connectivity index (χ0v) is 8.01. The van der Waals surface area contributed by atoms with Crippen LogP contribution in [-0.2, 0) is 0 Å². The van der Waals surface area contributed by atoms with Crippen molar-refractivity contribution in [3.05, 3.63) is 0 Å². The maximum Gasteiger partial charge on any atom is -0.0357 e. The first-order valence-electron chi connectivity index (χ1n) is 5.20. The van der Waals surface area contributed by atoms with Crippen molar-refractivity contribution in [2.24, 2.45) is 29.6 Å². The van der Waals surface area contributed by atoms with Crippen LogP contribution in [0.15, 0.2) is 0 Å². The zero-order valence-electron chi connectivity index (χ0n) is 8.01. The molecular formula is C11H20. The van der Waals surface area contributed by atoms with E-state index in [2.05, 4.69) is 20.8 Å². The highest BCUT2D eigenvalue weighted by molar-refractivity contribution is 4.93. The molecule has 0 aromatic heterocycles. The summed E-state index contributed by atoms with van der Waals surface area (Å²) in [5, 5.41) is 0. The lowest BCUT2D eigenvalue weighted by atomic mass is 9.67. The van der Waals surface area contributed by atoms with E-state index in [9.17, 15) is 0 Å². The van der Waals surface area contributed by atoms with Crippen LogP contribution in [0.2, 0.25) is 0 Å². The lowest BCUT2D eigenvalue weighted by Gasteiger charge is -2.39. The second kappa shape index (κ2) is 2.50. The van der Waals surface area contributed by atoms with E-state index >= 15 is 0 Å². The van der Waals surface area contributed by atoms with Gasteiger partial charge in [0.2, 0.25) is 0 Å². The SMILES string of the molecule is CC1CCC1C(C)C1CC1C. The highest BCUT2D eigenvalue weighted by Gasteiger charge is 2.43. The van der Waals surface area contributed by atoms with Gasteiger partial charge in [0.15, 0.2) is 0 Å². The predicted octanol–water partition coefficient (Wildman–Crippen LogP) is 3.32. The molecule has 0 spiro atoms. The summed E-state index contributed by atoms with van der Waals surface area (Å²) in [5.74, 6) is 5.32. The van der Waals surface area contributed by atoms with E-state index in [0.717, 1.165) is 29.6 Å². The van der Waals surface area contributed by atoms with Crippen molar-refractivity contribution in [2.45, 2.75) is 40.0 Å². The molecule has 64 valence electrons. The Bertz CT molecular complexity index is 150. The van der Waals surface area contributed by atoms with Crippen LogP contribution >= 0.6 is 0 Å². The molecule has 2 fully saturated rings. The smallest absolute Gasteiger partial charge is 0.0357 e. The lowest BCUT2D eigenvalue weighted by Crippen LogP contribution is -2.30. The molecule has 2 rings (SSSR count). The number of hydrogen-bond acceptors (Lipinski definition) is 0. The molecule has 11 heavy (non-hydrogen) atoms. The monoisotopic (exact) mass is 152 g/mol. The fourth-order valence-electron chi connectivity index (χ4n) is 2.87. The molecule has 0 aromatic carbocycles. The second-order valence-electron chi connectivity index (χ2n) is 4.95. The van der Waals surface area contributed by atoms with Crippen molar-refractivity contribution in [2.75, 3.05) is 0 Å². The van der Waals surface area contributed by atoms with Crippen LogP contribution in [-0.4, -0.2) is 0 Å². The average Bonchev–Trinajstić information content (AvgIpc) is 2.63. The van der Waals surface area contributed by atoms with Crippen molar-refractivity contribution >= 4 is 0 Å². The minimum Gasteiger partial charge on any atom is -0.0622 e. The Hall–Kier alpha value is 0. The third kappa shape index (κ3) is 1.21. The van der Waals surface area contributed by atoms with Gasteiger partial charge in [0.05, 0.1) is 0 Å². The van der Waals surface area contributed by atoms with E-state index < -0.39 is 0 Å². The molecule has 0 heterocycles. The Kier molecular flexibility index (Phi) is 1.74. The third-order valence-corrected chi connectivity index (χ3v) is 4.21. The Balaban J connectivity index is 1.85. The summed E-state index contributed by atoms with van der Waals surface area (Å²) in [6.07, 6.45) is 4.53. The fraction of sp³-hybridized carbons (Fsp3) is 1.00. The summed E-state index contributed by atoms with van der Waals surface area (Å²) in [7, 11) is 0. The van der Waals surface area contributed by atoms with Gasteiger partial charge in [0.1, 0.15) is 0 Å². The van der Waals surface area contributed by atoms with Gasteiger partial charge in [-0.25, -0.2) is 0 Å². The van der Waals surface area contributed by atoms with Gasteiger partial charge in [-0.15, -0.1) is 0 Å². The van der Waals surface area contributed by atoms with E-state index in [0.29, 0.717) is 0 Å². The Morgan fingerprint density at radius 1 is 1.00 bits per heavy atom. The molecular weight excluding hydrogens is 132 g/mol.